The van der Waals surface area contributed by atoms with Crippen LogP contribution in [0.15, 0.2) is 41.4 Å². The maximum Gasteiger partial charge on any atom is 0.191 e. The van der Waals surface area contributed by atoms with Gasteiger partial charge in [0.1, 0.15) is 5.75 Å². The molecular formula is C18H25N3OS. The van der Waals surface area contributed by atoms with Gasteiger partial charge in [0.25, 0.3) is 0 Å². The first-order valence-corrected chi connectivity index (χ1v) is 8.81. The fraction of sp³-hybridized carbons (Fsp3) is 0.389. The molecule has 1 aromatic carbocycles. The van der Waals surface area contributed by atoms with Crippen molar-refractivity contribution < 1.29 is 4.74 Å². The minimum absolute atomic E-state index is 0.669. The third-order valence-electron chi connectivity index (χ3n) is 3.44. The maximum absolute atomic E-state index is 5.65. The van der Waals surface area contributed by atoms with Crippen LogP contribution in [0.3, 0.4) is 0 Å². The molecule has 4 nitrogen and oxygen atoms in total. The van der Waals surface area contributed by atoms with Crippen molar-refractivity contribution in [2.24, 2.45) is 4.99 Å². The van der Waals surface area contributed by atoms with Gasteiger partial charge in [0.15, 0.2) is 5.96 Å². The molecule has 0 bridgehead atoms. The van der Waals surface area contributed by atoms with Gasteiger partial charge >= 0.3 is 0 Å². The first-order valence-electron chi connectivity index (χ1n) is 7.99. The lowest BCUT2D eigenvalue weighted by molar-refractivity contribution is 0.336. The summed E-state index contributed by atoms with van der Waals surface area (Å²) in [5.74, 6) is 1.71. The summed E-state index contributed by atoms with van der Waals surface area (Å²) in [7, 11) is 1.79. The molecule has 0 saturated carbocycles. The van der Waals surface area contributed by atoms with Crippen LogP contribution in [-0.4, -0.2) is 19.6 Å². The number of hydrogen-bond acceptors (Lipinski definition) is 3. The van der Waals surface area contributed by atoms with Crippen molar-refractivity contribution in [1.82, 2.24) is 10.6 Å². The molecule has 0 amide bonds. The molecule has 2 aromatic rings. The number of rotatable bonds is 7. The Morgan fingerprint density at radius 2 is 1.78 bits per heavy atom. The molecule has 5 heteroatoms. The highest BCUT2D eigenvalue weighted by molar-refractivity contribution is 7.11. The van der Waals surface area contributed by atoms with Gasteiger partial charge in [-0.05, 0) is 31.5 Å². The number of para-hydroxylation sites is 1. The van der Waals surface area contributed by atoms with E-state index in [0.29, 0.717) is 13.2 Å². The minimum Gasteiger partial charge on any atom is -0.494 e. The molecular weight excluding hydrogens is 306 g/mol. The molecule has 0 aliphatic rings. The van der Waals surface area contributed by atoms with E-state index in [1.807, 2.05) is 36.5 Å². The Morgan fingerprint density at radius 3 is 2.48 bits per heavy atom. The van der Waals surface area contributed by atoms with Crippen LogP contribution in [0.5, 0.6) is 5.75 Å². The lowest BCUT2D eigenvalue weighted by atomic mass is 10.2. The van der Waals surface area contributed by atoms with Gasteiger partial charge in [-0.25, -0.2) is 0 Å². The van der Waals surface area contributed by atoms with E-state index < -0.39 is 0 Å². The van der Waals surface area contributed by atoms with Crippen LogP contribution in [0.25, 0.3) is 0 Å². The predicted octanol–water partition coefficient (Wildman–Crippen LogP) is 3.57. The van der Waals surface area contributed by atoms with Crippen molar-refractivity contribution in [3.8, 4) is 5.75 Å². The van der Waals surface area contributed by atoms with Crippen LogP contribution in [0.1, 0.15) is 29.2 Å². The Kier molecular flexibility index (Phi) is 6.94. The van der Waals surface area contributed by atoms with Crippen molar-refractivity contribution in [3.05, 3.63) is 51.7 Å². The summed E-state index contributed by atoms with van der Waals surface area (Å²) in [6, 6.07) is 12.4. The SMILES string of the molecule is CCOc1ccccc1CNC(=NC)NCc1ccc(CC)s1. The van der Waals surface area contributed by atoms with E-state index in [2.05, 4.69) is 40.7 Å². The number of benzene rings is 1. The normalized spacial score (nSPS) is 11.3. The number of thiophene rings is 1. The average Bonchev–Trinajstić information content (AvgIpc) is 3.04. The van der Waals surface area contributed by atoms with E-state index in [0.717, 1.165) is 30.2 Å². The molecule has 0 aliphatic heterocycles. The number of guanidine groups is 1. The van der Waals surface area contributed by atoms with Crippen LogP contribution in [-0.2, 0) is 19.5 Å². The van der Waals surface area contributed by atoms with Gasteiger partial charge < -0.3 is 15.4 Å². The average molecular weight is 331 g/mol. The molecule has 1 aromatic heterocycles. The van der Waals surface area contributed by atoms with Crippen LogP contribution in [0.4, 0.5) is 0 Å². The van der Waals surface area contributed by atoms with Gasteiger partial charge in [-0.2, -0.15) is 0 Å². The number of nitrogens with zero attached hydrogens (tertiary/aromatic N) is 1. The van der Waals surface area contributed by atoms with Gasteiger partial charge in [-0.1, -0.05) is 25.1 Å². The van der Waals surface area contributed by atoms with Crippen LogP contribution < -0.4 is 15.4 Å². The smallest absolute Gasteiger partial charge is 0.191 e. The highest BCUT2D eigenvalue weighted by Gasteiger charge is 2.05. The second kappa shape index (κ2) is 9.20. The standard InChI is InChI=1S/C18H25N3OS/c1-4-15-10-11-16(23-15)13-21-18(19-3)20-12-14-8-6-7-9-17(14)22-5-2/h6-11H,4-5,12-13H2,1-3H3,(H2,19,20,21). The van der Waals surface area contributed by atoms with Crippen LogP contribution >= 0.6 is 11.3 Å². The van der Waals surface area contributed by atoms with Gasteiger partial charge in [0.2, 0.25) is 0 Å². The molecule has 0 radical (unpaired) electrons. The zero-order valence-electron chi connectivity index (χ0n) is 14.1. The number of ether oxygens (including phenoxy) is 1. The van der Waals surface area contributed by atoms with Crippen molar-refractivity contribution in [2.75, 3.05) is 13.7 Å². The lowest BCUT2D eigenvalue weighted by Gasteiger charge is -2.14. The Bertz CT molecular complexity index is 637. The van der Waals surface area contributed by atoms with E-state index in [1.54, 1.807) is 7.05 Å². The van der Waals surface area contributed by atoms with Gasteiger partial charge in [-0.3, -0.25) is 4.99 Å². The number of nitrogens with one attached hydrogen (secondary N) is 2. The highest BCUT2D eigenvalue weighted by Crippen LogP contribution is 2.18. The zero-order valence-corrected chi connectivity index (χ0v) is 14.9. The summed E-state index contributed by atoms with van der Waals surface area (Å²) in [4.78, 5) is 7.01. The Morgan fingerprint density at radius 1 is 1.04 bits per heavy atom. The highest BCUT2D eigenvalue weighted by atomic mass is 32.1. The van der Waals surface area contributed by atoms with E-state index >= 15 is 0 Å². The van der Waals surface area contributed by atoms with E-state index in [9.17, 15) is 0 Å². The third kappa shape index (κ3) is 5.28. The molecule has 0 aliphatic carbocycles. The van der Waals surface area contributed by atoms with E-state index in [4.69, 9.17) is 4.74 Å². The fourth-order valence-corrected chi connectivity index (χ4v) is 3.12. The van der Waals surface area contributed by atoms with Gasteiger partial charge in [0.05, 0.1) is 13.2 Å². The molecule has 1 heterocycles. The molecule has 0 atom stereocenters. The molecule has 0 spiro atoms. The summed E-state index contributed by atoms with van der Waals surface area (Å²) < 4.78 is 5.65. The molecule has 0 unspecified atom stereocenters. The number of hydrogen-bond donors (Lipinski definition) is 2. The second-order valence-electron chi connectivity index (χ2n) is 5.04. The molecule has 124 valence electrons. The van der Waals surface area contributed by atoms with Crippen molar-refractivity contribution in [2.45, 2.75) is 33.4 Å². The Balaban J connectivity index is 1.88. The topological polar surface area (TPSA) is 45.6 Å². The third-order valence-corrected chi connectivity index (χ3v) is 4.67. The van der Waals surface area contributed by atoms with Crippen LogP contribution in [0, 0.1) is 0 Å². The lowest BCUT2D eigenvalue weighted by Crippen LogP contribution is -2.36. The monoisotopic (exact) mass is 331 g/mol. The molecule has 0 fully saturated rings. The van der Waals surface area contributed by atoms with E-state index in [1.165, 1.54) is 9.75 Å². The van der Waals surface area contributed by atoms with E-state index in [-0.39, 0.29) is 0 Å². The summed E-state index contributed by atoms with van der Waals surface area (Å²) in [6.07, 6.45) is 1.09. The predicted molar refractivity (Wildman–Crippen MR) is 98.3 cm³/mol. The first-order chi connectivity index (χ1) is 11.3. The maximum atomic E-state index is 5.65. The molecule has 2 N–H and O–H groups in total. The zero-order chi connectivity index (χ0) is 16.5. The molecule has 0 saturated heterocycles. The largest absolute Gasteiger partial charge is 0.494 e. The van der Waals surface area contributed by atoms with Crippen molar-refractivity contribution >= 4 is 17.3 Å². The number of aryl methyl sites for hydroxylation is 1. The van der Waals surface area contributed by atoms with Crippen LogP contribution in [0.2, 0.25) is 0 Å². The van der Waals surface area contributed by atoms with Gasteiger partial charge in [-0.15, -0.1) is 11.3 Å². The quantitative estimate of drug-likeness (QED) is 0.602. The second-order valence-corrected chi connectivity index (χ2v) is 6.29. The minimum atomic E-state index is 0.669. The summed E-state index contributed by atoms with van der Waals surface area (Å²) in [5.41, 5.74) is 1.13. The summed E-state index contributed by atoms with van der Waals surface area (Å²) in [5, 5.41) is 6.69. The van der Waals surface area contributed by atoms with Crippen molar-refractivity contribution in [1.29, 1.82) is 0 Å². The fourth-order valence-electron chi connectivity index (χ4n) is 2.22. The summed E-state index contributed by atoms with van der Waals surface area (Å²) in [6.45, 7) is 6.32. The Labute approximate surface area is 142 Å². The first kappa shape index (κ1) is 17.3. The molecule has 2 rings (SSSR count). The Hall–Kier alpha value is -2.01. The van der Waals surface area contributed by atoms with Gasteiger partial charge in [0, 0.05) is 28.9 Å². The molecule has 23 heavy (non-hydrogen) atoms. The summed E-state index contributed by atoms with van der Waals surface area (Å²) >= 11 is 1.84. The van der Waals surface area contributed by atoms with Crippen molar-refractivity contribution in [3.63, 3.8) is 0 Å². The number of aliphatic imine (C=N–C) groups is 1.